The standard InChI is InChI=1S/C24H22N4O5S2/c1-16-25-18(15-34-16)22-26-23(28-35(29,30)14-13-17-9-5-4-6-10-17)21(24(27-22)32-3)33-20-12-8-7-11-19(20)31-2/h4-15H,1-3H3,(H,26,27,28). The van der Waals surface area contributed by atoms with Gasteiger partial charge in [-0.05, 0) is 30.7 Å². The zero-order valence-electron chi connectivity index (χ0n) is 19.1. The third-order valence-corrected chi connectivity index (χ3v) is 6.38. The number of hydrogen-bond acceptors (Lipinski definition) is 9. The van der Waals surface area contributed by atoms with Crippen LogP contribution in [0.2, 0.25) is 0 Å². The molecule has 0 bridgehead atoms. The molecule has 0 aliphatic rings. The second-order valence-corrected chi connectivity index (χ2v) is 9.73. The summed E-state index contributed by atoms with van der Waals surface area (Å²) in [5.74, 6) is 0.839. The van der Waals surface area contributed by atoms with E-state index in [1.54, 1.807) is 41.8 Å². The number of hydrogen-bond donors (Lipinski definition) is 1. The van der Waals surface area contributed by atoms with Crippen LogP contribution in [-0.2, 0) is 10.0 Å². The molecule has 4 aromatic rings. The number of aromatic nitrogens is 3. The van der Waals surface area contributed by atoms with Gasteiger partial charge in [0, 0.05) is 5.38 Å². The van der Waals surface area contributed by atoms with Gasteiger partial charge in [-0.15, -0.1) is 11.3 Å². The van der Waals surface area contributed by atoms with Crippen molar-refractivity contribution in [1.29, 1.82) is 0 Å². The Morgan fingerprint density at radius 2 is 1.63 bits per heavy atom. The Kier molecular flexibility index (Phi) is 7.28. The van der Waals surface area contributed by atoms with E-state index < -0.39 is 10.0 Å². The van der Waals surface area contributed by atoms with Gasteiger partial charge in [-0.2, -0.15) is 4.98 Å². The van der Waals surface area contributed by atoms with Crippen molar-refractivity contribution in [2.45, 2.75) is 6.92 Å². The molecule has 1 N–H and O–H groups in total. The molecule has 0 unspecified atom stereocenters. The van der Waals surface area contributed by atoms with Gasteiger partial charge in [-0.25, -0.2) is 18.4 Å². The molecule has 2 aromatic heterocycles. The van der Waals surface area contributed by atoms with E-state index in [1.807, 2.05) is 25.1 Å². The van der Waals surface area contributed by atoms with Crippen molar-refractivity contribution < 1.29 is 22.6 Å². The molecular formula is C24H22N4O5S2. The lowest BCUT2D eigenvalue weighted by atomic mass is 10.2. The van der Waals surface area contributed by atoms with E-state index in [9.17, 15) is 8.42 Å². The summed E-state index contributed by atoms with van der Waals surface area (Å²) >= 11 is 1.42. The molecule has 0 spiro atoms. The van der Waals surface area contributed by atoms with Crippen LogP contribution < -0.4 is 18.9 Å². The molecule has 0 aliphatic carbocycles. The van der Waals surface area contributed by atoms with Crippen molar-refractivity contribution in [2.75, 3.05) is 18.9 Å². The molecule has 180 valence electrons. The minimum absolute atomic E-state index is 0.0237. The van der Waals surface area contributed by atoms with Crippen LogP contribution in [0.25, 0.3) is 17.6 Å². The first-order valence-corrected chi connectivity index (χ1v) is 12.8. The maximum atomic E-state index is 13.0. The first-order chi connectivity index (χ1) is 16.9. The highest BCUT2D eigenvalue weighted by molar-refractivity contribution is 7.95. The van der Waals surface area contributed by atoms with Crippen LogP contribution in [0.3, 0.4) is 0 Å². The molecule has 0 radical (unpaired) electrons. The summed E-state index contributed by atoms with van der Waals surface area (Å²) in [4.78, 5) is 13.2. The zero-order chi connectivity index (χ0) is 24.8. The van der Waals surface area contributed by atoms with Crippen LogP contribution in [0.4, 0.5) is 5.82 Å². The average Bonchev–Trinajstić information content (AvgIpc) is 3.30. The number of thiazole rings is 1. The fourth-order valence-corrected chi connectivity index (χ4v) is 4.43. The number of methoxy groups -OCH3 is 2. The van der Waals surface area contributed by atoms with Gasteiger partial charge in [0.2, 0.25) is 5.75 Å². The molecule has 4 rings (SSSR count). The van der Waals surface area contributed by atoms with Gasteiger partial charge in [-0.3, -0.25) is 4.72 Å². The lowest BCUT2D eigenvalue weighted by molar-refractivity contribution is 0.348. The van der Waals surface area contributed by atoms with Crippen molar-refractivity contribution in [3.8, 4) is 34.6 Å². The Bertz CT molecular complexity index is 1450. The van der Waals surface area contributed by atoms with Crippen LogP contribution >= 0.6 is 11.3 Å². The number of anilines is 1. The largest absolute Gasteiger partial charge is 0.493 e. The molecule has 2 heterocycles. The van der Waals surface area contributed by atoms with Gasteiger partial charge in [-0.1, -0.05) is 42.5 Å². The highest BCUT2D eigenvalue weighted by atomic mass is 32.2. The summed E-state index contributed by atoms with van der Waals surface area (Å²) in [6.07, 6.45) is 1.48. The van der Waals surface area contributed by atoms with Gasteiger partial charge >= 0.3 is 0 Å². The number of aryl methyl sites for hydroxylation is 1. The first-order valence-electron chi connectivity index (χ1n) is 10.3. The van der Waals surface area contributed by atoms with Crippen molar-refractivity contribution in [2.24, 2.45) is 0 Å². The Morgan fingerprint density at radius 3 is 2.29 bits per heavy atom. The topological polar surface area (TPSA) is 113 Å². The highest BCUT2D eigenvalue weighted by Crippen LogP contribution is 2.41. The van der Waals surface area contributed by atoms with Gasteiger partial charge in [0.1, 0.15) is 5.69 Å². The van der Waals surface area contributed by atoms with E-state index in [1.165, 1.54) is 31.6 Å². The van der Waals surface area contributed by atoms with E-state index in [0.29, 0.717) is 17.2 Å². The lowest BCUT2D eigenvalue weighted by Gasteiger charge is -2.16. The number of para-hydroxylation sites is 2. The van der Waals surface area contributed by atoms with E-state index >= 15 is 0 Å². The number of sulfonamides is 1. The molecular weight excluding hydrogens is 488 g/mol. The van der Waals surface area contributed by atoms with Crippen molar-refractivity contribution in [3.05, 3.63) is 76.0 Å². The lowest BCUT2D eigenvalue weighted by Crippen LogP contribution is -2.13. The normalized spacial score (nSPS) is 11.4. The van der Waals surface area contributed by atoms with E-state index in [2.05, 4.69) is 19.7 Å². The highest BCUT2D eigenvalue weighted by Gasteiger charge is 2.23. The molecule has 35 heavy (non-hydrogen) atoms. The summed E-state index contributed by atoms with van der Waals surface area (Å²) in [7, 11) is -1.08. The third-order valence-electron chi connectivity index (χ3n) is 4.64. The van der Waals surface area contributed by atoms with E-state index in [-0.39, 0.29) is 23.3 Å². The molecule has 11 heteroatoms. The number of nitrogens with zero attached hydrogens (tertiary/aromatic N) is 3. The second kappa shape index (κ2) is 10.5. The Labute approximate surface area is 207 Å². The molecule has 0 amide bonds. The quantitative estimate of drug-likeness (QED) is 0.330. The molecule has 0 fully saturated rings. The summed E-state index contributed by atoms with van der Waals surface area (Å²) in [6.45, 7) is 1.85. The monoisotopic (exact) mass is 510 g/mol. The molecule has 2 aromatic carbocycles. The average molecular weight is 511 g/mol. The molecule has 0 aliphatic heterocycles. The summed E-state index contributed by atoms with van der Waals surface area (Å²) in [5.41, 5.74) is 1.21. The van der Waals surface area contributed by atoms with Crippen LogP contribution in [0.1, 0.15) is 10.6 Å². The van der Waals surface area contributed by atoms with Gasteiger partial charge in [0.25, 0.3) is 15.9 Å². The molecule has 0 saturated heterocycles. The SMILES string of the molecule is COc1ccccc1Oc1c(NS(=O)(=O)C=Cc2ccccc2)nc(-c2csc(C)n2)nc1OC. The molecule has 0 saturated carbocycles. The van der Waals surface area contributed by atoms with Gasteiger partial charge in [0.15, 0.2) is 23.1 Å². The maximum Gasteiger partial charge on any atom is 0.263 e. The first kappa shape index (κ1) is 24.2. The Morgan fingerprint density at radius 1 is 0.914 bits per heavy atom. The van der Waals surface area contributed by atoms with Crippen LogP contribution in [0.15, 0.2) is 65.4 Å². The van der Waals surface area contributed by atoms with Crippen LogP contribution in [-0.4, -0.2) is 37.6 Å². The smallest absolute Gasteiger partial charge is 0.263 e. The number of ether oxygens (including phenoxy) is 3. The van der Waals surface area contributed by atoms with Crippen LogP contribution in [0.5, 0.6) is 23.1 Å². The molecule has 9 nitrogen and oxygen atoms in total. The Hall–Kier alpha value is -3.96. The number of rotatable bonds is 9. The predicted octanol–water partition coefficient (Wildman–Crippen LogP) is 5.13. The van der Waals surface area contributed by atoms with E-state index in [0.717, 1.165) is 16.0 Å². The minimum Gasteiger partial charge on any atom is -0.493 e. The van der Waals surface area contributed by atoms with Crippen molar-refractivity contribution in [3.63, 3.8) is 0 Å². The van der Waals surface area contributed by atoms with E-state index in [4.69, 9.17) is 14.2 Å². The summed E-state index contributed by atoms with van der Waals surface area (Å²) in [5, 5.41) is 3.64. The minimum atomic E-state index is -3.99. The van der Waals surface area contributed by atoms with Crippen molar-refractivity contribution >= 4 is 33.3 Å². The summed E-state index contributed by atoms with van der Waals surface area (Å²) < 4.78 is 45.2. The fraction of sp³-hybridized carbons (Fsp3) is 0.125. The summed E-state index contributed by atoms with van der Waals surface area (Å²) in [6, 6.07) is 16.0. The fourth-order valence-electron chi connectivity index (χ4n) is 3.02. The van der Waals surface area contributed by atoms with Crippen molar-refractivity contribution in [1.82, 2.24) is 15.0 Å². The Balaban J connectivity index is 1.79. The zero-order valence-corrected chi connectivity index (χ0v) is 20.8. The van der Waals surface area contributed by atoms with Gasteiger partial charge in [0.05, 0.1) is 24.6 Å². The third kappa shape index (κ3) is 5.94. The predicted molar refractivity (Wildman–Crippen MR) is 136 cm³/mol. The maximum absolute atomic E-state index is 13.0. The van der Waals surface area contributed by atoms with Gasteiger partial charge < -0.3 is 14.2 Å². The molecule has 0 atom stereocenters. The second-order valence-electron chi connectivity index (χ2n) is 7.10. The number of nitrogens with one attached hydrogen (secondary N) is 1. The number of benzene rings is 2. The van der Waals surface area contributed by atoms with Crippen LogP contribution in [0, 0.1) is 6.92 Å².